The summed E-state index contributed by atoms with van der Waals surface area (Å²) in [6.45, 7) is 12.0. The van der Waals surface area contributed by atoms with E-state index in [-0.39, 0.29) is 11.2 Å². The molecule has 31 heavy (non-hydrogen) atoms. The highest BCUT2D eigenvalue weighted by Crippen LogP contribution is 2.38. The second kappa shape index (κ2) is 8.48. The van der Waals surface area contributed by atoms with Gasteiger partial charge in [-0.05, 0) is 42.5 Å². The van der Waals surface area contributed by atoms with E-state index in [1.165, 1.54) is 0 Å². The fourth-order valence-electron chi connectivity index (χ4n) is 4.83. The zero-order valence-corrected chi connectivity index (χ0v) is 18.8. The van der Waals surface area contributed by atoms with Crippen molar-refractivity contribution in [2.24, 2.45) is 11.1 Å². The van der Waals surface area contributed by atoms with Crippen LogP contribution >= 0.6 is 0 Å². The first-order valence-electron chi connectivity index (χ1n) is 11.1. The summed E-state index contributed by atoms with van der Waals surface area (Å²) in [6.07, 6.45) is 3.45. The number of fused-ring (bicyclic) bond motifs is 1. The average molecular weight is 424 g/mol. The summed E-state index contributed by atoms with van der Waals surface area (Å²) in [4.78, 5) is 27.2. The van der Waals surface area contributed by atoms with Crippen LogP contribution in [0, 0.1) is 12.3 Å². The molecule has 166 valence electrons. The number of hydrogen-bond acceptors (Lipinski definition) is 5. The molecule has 2 heterocycles. The van der Waals surface area contributed by atoms with Gasteiger partial charge in [0.25, 0.3) is 5.91 Å². The Morgan fingerprint density at radius 1 is 1.23 bits per heavy atom. The van der Waals surface area contributed by atoms with Crippen molar-refractivity contribution in [3.05, 3.63) is 46.8 Å². The Bertz CT molecular complexity index is 1000. The van der Waals surface area contributed by atoms with Crippen LogP contribution < -0.4 is 16.4 Å². The minimum absolute atomic E-state index is 0.0653. The average Bonchev–Trinajstić information content (AvgIpc) is 3.03. The molecule has 7 nitrogen and oxygen atoms in total. The number of nitrogens with one attached hydrogen (secondary N) is 2. The van der Waals surface area contributed by atoms with Gasteiger partial charge in [0, 0.05) is 74.5 Å². The normalized spacial score (nSPS) is 18.6. The Balaban J connectivity index is 1.63. The van der Waals surface area contributed by atoms with Crippen molar-refractivity contribution in [1.29, 1.82) is 0 Å². The second-order valence-corrected chi connectivity index (χ2v) is 9.56. The number of rotatable bonds is 6. The van der Waals surface area contributed by atoms with Crippen molar-refractivity contribution < 1.29 is 9.59 Å². The summed E-state index contributed by atoms with van der Waals surface area (Å²) in [5.74, 6) is -0.233. The number of aryl methyl sites for hydroxylation is 1. The number of amides is 1. The number of benzene rings is 1. The molecule has 4 rings (SSSR count). The summed E-state index contributed by atoms with van der Waals surface area (Å²) in [6, 6.07) is 5.67. The summed E-state index contributed by atoms with van der Waals surface area (Å²) in [5.41, 5.74) is 10.6. The minimum atomic E-state index is -0.446. The third kappa shape index (κ3) is 4.52. The molecule has 4 N–H and O–H groups in total. The van der Waals surface area contributed by atoms with Crippen molar-refractivity contribution in [2.75, 3.05) is 44.6 Å². The number of nitrogens with zero attached hydrogens (tertiary/aromatic N) is 2. The molecule has 7 heteroatoms. The van der Waals surface area contributed by atoms with E-state index in [1.54, 1.807) is 6.07 Å². The van der Waals surface area contributed by atoms with Crippen LogP contribution in [-0.2, 0) is 6.42 Å². The summed E-state index contributed by atoms with van der Waals surface area (Å²) in [7, 11) is 0. The number of nitrogens with two attached hydrogens (primary N) is 1. The van der Waals surface area contributed by atoms with Crippen molar-refractivity contribution in [2.45, 2.75) is 33.6 Å². The minimum Gasteiger partial charge on any atom is -0.383 e. The Kier molecular flexibility index (Phi) is 5.90. The maximum atomic E-state index is 12.8. The van der Waals surface area contributed by atoms with Crippen LogP contribution in [0.2, 0.25) is 0 Å². The van der Waals surface area contributed by atoms with E-state index in [0.717, 1.165) is 73.9 Å². The molecule has 1 aromatic carbocycles. The van der Waals surface area contributed by atoms with Crippen LogP contribution in [0.1, 0.15) is 52.2 Å². The molecule has 0 unspecified atom stereocenters. The number of carbonyl (C=O) groups is 2. The Labute approximate surface area is 184 Å². The van der Waals surface area contributed by atoms with Gasteiger partial charge in [-0.25, -0.2) is 0 Å². The molecule has 0 saturated carbocycles. The Hall–Kier alpha value is -2.64. The van der Waals surface area contributed by atoms with E-state index in [2.05, 4.69) is 33.9 Å². The summed E-state index contributed by atoms with van der Waals surface area (Å²) < 4.78 is 2.11. The Morgan fingerprint density at radius 2 is 1.97 bits per heavy atom. The van der Waals surface area contributed by atoms with Gasteiger partial charge in [0.05, 0.1) is 5.56 Å². The highest BCUT2D eigenvalue weighted by molar-refractivity contribution is 6.01. The highest BCUT2D eigenvalue weighted by atomic mass is 16.1. The molecule has 2 aromatic rings. The number of Topliss-reactive ketones (excluding diaryl/α,β-unsaturated/α-hetero) is 1. The molecule has 1 fully saturated rings. The van der Waals surface area contributed by atoms with Gasteiger partial charge < -0.3 is 20.9 Å². The summed E-state index contributed by atoms with van der Waals surface area (Å²) >= 11 is 0. The molecule has 0 bridgehead atoms. The number of ketones is 1. The molecule has 1 saturated heterocycles. The molecule has 0 radical (unpaired) electrons. The fourth-order valence-corrected chi connectivity index (χ4v) is 4.83. The molecule has 1 aliphatic heterocycles. The van der Waals surface area contributed by atoms with Crippen LogP contribution in [0.5, 0.6) is 0 Å². The number of carbonyl (C=O) groups excluding carboxylic acids is 2. The van der Waals surface area contributed by atoms with Crippen LogP contribution in [0.4, 0.5) is 5.69 Å². The van der Waals surface area contributed by atoms with Gasteiger partial charge in [0.1, 0.15) is 0 Å². The van der Waals surface area contributed by atoms with Gasteiger partial charge in [-0.1, -0.05) is 13.8 Å². The number of anilines is 1. The SMILES string of the molecule is Cc1cn(-c2ccc(C(N)=O)c(NCCN3CCNCC3)c2)c2c1C(=O)CC(C)(C)C2. The first-order valence-corrected chi connectivity index (χ1v) is 11.1. The second-order valence-electron chi connectivity index (χ2n) is 9.56. The lowest BCUT2D eigenvalue weighted by atomic mass is 9.75. The standard InChI is InChI=1S/C24H33N5O2/c1-16-15-29(20-13-24(2,3)14-21(30)22(16)20)17-4-5-18(23(25)31)19(12-17)27-8-11-28-9-6-26-7-10-28/h4-5,12,15,26-27H,6-11,13-14H2,1-3H3,(H2,25,31). The first kappa shape index (κ1) is 21.6. The quantitative estimate of drug-likeness (QED) is 0.663. The molecular weight excluding hydrogens is 390 g/mol. The molecule has 0 atom stereocenters. The predicted octanol–water partition coefficient (Wildman–Crippen LogP) is 2.36. The fraction of sp³-hybridized carbons (Fsp3) is 0.500. The smallest absolute Gasteiger partial charge is 0.250 e. The zero-order valence-electron chi connectivity index (χ0n) is 18.8. The number of aromatic nitrogens is 1. The van der Waals surface area contributed by atoms with Crippen LogP contribution in [0.3, 0.4) is 0 Å². The largest absolute Gasteiger partial charge is 0.383 e. The van der Waals surface area contributed by atoms with E-state index in [1.807, 2.05) is 25.3 Å². The van der Waals surface area contributed by atoms with Crippen LogP contribution in [0.15, 0.2) is 24.4 Å². The van der Waals surface area contributed by atoms with Gasteiger partial charge in [0.15, 0.2) is 5.78 Å². The Morgan fingerprint density at radius 3 is 2.68 bits per heavy atom. The van der Waals surface area contributed by atoms with E-state index in [0.29, 0.717) is 12.0 Å². The molecular formula is C24H33N5O2. The predicted molar refractivity (Wildman–Crippen MR) is 123 cm³/mol. The molecule has 1 amide bonds. The van der Waals surface area contributed by atoms with Gasteiger partial charge in [-0.15, -0.1) is 0 Å². The van der Waals surface area contributed by atoms with E-state index in [4.69, 9.17) is 5.73 Å². The number of primary amides is 1. The van der Waals surface area contributed by atoms with Crippen molar-refractivity contribution in [1.82, 2.24) is 14.8 Å². The molecule has 0 spiro atoms. The van der Waals surface area contributed by atoms with Crippen LogP contribution in [0.25, 0.3) is 5.69 Å². The van der Waals surface area contributed by atoms with Gasteiger partial charge in [0.2, 0.25) is 0 Å². The lowest BCUT2D eigenvalue weighted by Gasteiger charge is -2.30. The molecule has 1 aromatic heterocycles. The monoisotopic (exact) mass is 423 g/mol. The number of hydrogen-bond donors (Lipinski definition) is 3. The first-order chi connectivity index (χ1) is 14.7. The third-order valence-corrected chi connectivity index (χ3v) is 6.36. The lowest BCUT2D eigenvalue weighted by Crippen LogP contribution is -2.45. The number of piperazine rings is 1. The van der Waals surface area contributed by atoms with E-state index < -0.39 is 5.91 Å². The summed E-state index contributed by atoms with van der Waals surface area (Å²) in [5, 5.41) is 6.78. The lowest BCUT2D eigenvalue weighted by molar-refractivity contribution is 0.0909. The van der Waals surface area contributed by atoms with E-state index in [9.17, 15) is 9.59 Å². The third-order valence-electron chi connectivity index (χ3n) is 6.36. The van der Waals surface area contributed by atoms with Crippen molar-refractivity contribution in [3.8, 4) is 5.69 Å². The van der Waals surface area contributed by atoms with Gasteiger partial charge in [-0.2, -0.15) is 0 Å². The molecule has 2 aliphatic rings. The topological polar surface area (TPSA) is 92.4 Å². The zero-order chi connectivity index (χ0) is 22.2. The maximum absolute atomic E-state index is 12.8. The van der Waals surface area contributed by atoms with Gasteiger partial charge >= 0.3 is 0 Å². The van der Waals surface area contributed by atoms with Crippen molar-refractivity contribution in [3.63, 3.8) is 0 Å². The van der Waals surface area contributed by atoms with Gasteiger partial charge in [-0.3, -0.25) is 14.5 Å². The highest BCUT2D eigenvalue weighted by Gasteiger charge is 2.34. The van der Waals surface area contributed by atoms with E-state index >= 15 is 0 Å². The van der Waals surface area contributed by atoms with Crippen molar-refractivity contribution >= 4 is 17.4 Å². The van der Waals surface area contributed by atoms with Crippen LogP contribution in [-0.4, -0.2) is 60.4 Å². The molecule has 1 aliphatic carbocycles. The maximum Gasteiger partial charge on any atom is 0.250 e.